The fourth-order valence-corrected chi connectivity index (χ4v) is 2.94. The maximum atomic E-state index is 13.7. The molecule has 2 aromatic rings. The third-order valence-corrected chi connectivity index (χ3v) is 4.20. The summed E-state index contributed by atoms with van der Waals surface area (Å²) in [4.78, 5) is 14.5. The van der Waals surface area contributed by atoms with E-state index in [0.717, 1.165) is 5.56 Å². The Morgan fingerprint density at radius 3 is 2.65 bits per heavy atom. The van der Waals surface area contributed by atoms with Gasteiger partial charge < -0.3 is 9.64 Å². The molecule has 2 aromatic carbocycles. The first-order chi connectivity index (χ1) is 11.3. The van der Waals surface area contributed by atoms with Crippen LogP contribution in [0.5, 0.6) is 0 Å². The lowest BCUT2D eigenvalue weighted by Gasteiger charge is -2.36. The topological polar surface area (TPSA) is 29.5 Å². The Bertz CT molecular complexity index is 659. The molecule has 3 nitrogen and oxygen atoms in total. The molecule has 120 valence electrons. The number of rotatable bonds is 4. The van der Waals surface area contributed by atoms with E-state index in [2.05, 4.69) is 0 Å². The summed E-state index contributed by atoms with van der Waals surface area (Å²) in [6, 6.07) is 16.5. The van der Waals surface area contributed by atoms with E-state index in [-0.39, 0.29) is 17.8 Å². The summed E-state index contributed by atoms with van der Waals surface area (Å²) >= 11 is 0. The van der Waals surface area contributed by atoms with E-state index in [0.29, 0.717) is 38.2 Å². The highest BCUT2D eigenvalue weighted by Gasteiger charge is 2.28. The summed E-state index contributed by atoms with van der Waals surface area (Å²) in [6.07, 6.45) is 0.731. The molecule has 0 N–H and O–H groups in total. The second-order valence-electron chi connectivity index (χ2n) is 5.68. The van der Waals surface area contributed by atoms with Gasteiger partial charge in [-0.25, -0.2) is 4.39 Å². The van der Waals surface area contributed by atoms with Gasteiger partial charge in [0.2, 0.25) is 5.91 Å². The van der Waals surface area contributed by atoms with Crippen LogP contribution in [0.25, 0.3) is 0 Å². The van der Waals surface area contributed by atoms with Gasteiger partial charge in [-0.05, 0) is 23.6 Å². The molecular weight excluding hydrogens is 293 g/mol. The Hall–Kier alpha value is -2.20. The average Bonchev–Trinajstić information content (AvgIpc) is 2.61. The van der Waals surface area contributed by atoms with Crippen LogP contribution in [0.2, 0.25) is 0 Å². The zero-order chi connectivity index (χ0) is 16.1. The molecule has 3 rings (SSSR count). The van der Waals surface area contributed by atoms with Crippen LogP contribution >= 0.6 is 0 Å². The molecular formula is C19H20FNO2. The van der Waals surface area contributed by atoms with Crippen LogP contribution in [-0.2, 0) is 16.0 Å². The number of hydrogen-bond acceptors (Lipinski definition) is 2. The van der Waals surface area contributed by atoms with Gasteiger partial charge in [-0.3, -0.25) is 4.79 Å². The third-order valence-electron chi connectivity index (χ3n) is 4.20. The van der Waals surface area contributed by atoms with Crippen molar-refractivity contribution in [3.63, 3.8) is 0 Å². The Morgan fingerprint density at radius 2 is 1.87 bits per heavy atom. The standard InChI is InChI=1S/C19H20FNO2/c20-17-9-5-4-6-15(17)10-11-19(22)21-12-13-23-14-18(21)16-7-2-1-3-8-16/h1-9,18H,10-14H2. The number of hydrogen-bond donors (Lipinski definition) is 0. The first kappa shape index (κ1) is 15.7. The number of aryl methyl sites for hydroxylation is 1. The van der Waals surface area contributed by atoms with Gasteiger partial charge in [0.15, 0.2) is 0 Å². The van der Waals surface area contributed by atoms with Crippen molar-refractivity contribution < 1.29 is 13.9 Å². The van der Waals surface area contributed by atoms with Crippen molar-refractivity contribution in [2.75, 3.05) is 19.8 Å². The molecule has 1 atom stereocenters. The molecule has 4 heteroatoms. The van der Waals surface area contributed by atoms with Gasteiger partial charge in [0.25, 0.3) is 0 Å². The van der Waals surface area contributed by atoms with E-state index >= 15 is 0 Å². The maximum Gasteiger partial charge on any atom is 0.223 e. The van der Waals surface area contributed by atoms with Crippen LogP contribution < -0.4 is 0 Å². The predicted octanol–water partition coefficient (Wildman–Crippen LogP) is 3.36. The van der Waals surface area contributed by atoms with Crippen LogP contribution in [0.3, 0.4) is 0 Å². The molecule has 1 fully saturated rings. The zero-order valence-electron chi connectivity index (χ0n) is 13.0. The number of benzene rings is 2. The van der Waals surface area contributed by atoms with Crippen molar-refractivity contribution in [3.8, 4) is 0 Å². The Morgan fingerprint density at radius 1 is 1.13 bits per heavy atom. The van der Waals surface area contributed by atoms with Crippen molar-refractivity contribution in [2.45, 2.75) is 18.9 Å². The number of nitrogens with zero attached hydrogens (tertiary/aromatic N) is 1. The number of halogens is 1. The summed E-state index contributed by atoms with van der Waals surface area (Å²) in [7, 11) is 0. The Labute approximate surface area is 135 Å². The zero-order valence-corrected chi connectivity index (χ0v) is 13.0. The number of morpholine rings is 1. The normalized spacial score (nSPS) is 18.0. The lowest BCUT2D eigenvalue weighted by molar-refractivity contribution is -0.140. The largest absolute Gasteiger partial charge is 0.377 e. The lowest BCUT2D eigenvalue weighted by Crippen LogP contribution is -2.43. The smallest absolute Gasteiger partial charge is 0.223 e. The molecule has 0 aromatic heterocycles. The predicted molar refractivity (Wildman–Crippen MR) is 86.4 cm³/mol. The summed E-state index contributed by atoms with van der Waals surface area (Å²) in [5.74, 6) is -0.202. The maximum absolute atomic E-state index is 13.7. The molecule has 1 unspecified atom stereocenters. The van der Waals surface area contributed by atoms with Gasteiger partial charge in [0, 0.05) is 13.0 Å². The van der Waals surface area contributed by atoms with Gasteiger partial charge in [-0.2, -0.15) is 0 Å². The number of amides is 1. The van der Waals surface area contributed by atoms with Crippen LogP contribution in [0, 0.1) is 5.82 Å². The minimum atomic E-state index is -0.248. The molecule has 23 heavy (non-hydrogen) atoms. The van der Waals surface area contributed by atoms with E-state index in [1.54, 1.807) is 18.2 Å². The van der Waals surface area contributed by atoms with Gasteiger partial charge in [0.05, 0.1) is 19.3 Å². The second kappa shape index (κ2) is 7.38. The summed E-state index contributed by atoms with van der Waals surface area (Å²) < 4.78 is 19.2. The first-order valence-electron chi connectivity index (χ1n) is 7.91. The van der Waals surface area contributed by atoms with Crippen molar-refractivity contribution >= 4 is 5.91 Å². The SMILES string of the molecule is O=C(CCc1ccccc1F)N1CCOCC1c1ccccc1. The van der Waals surface area contributed by atoms with E-state index < -0.39 is 0 Å². The monoisotopic (exact) mass is 313 g/mol. The highest BCUT2D eigenvalue weighted by Crippen LogP contribution is 2.25. The number of carbonyl (C=O) groups is 1. The van der Waals surface area contributed by atoms with Gasteiger partial charge in [-0.15, -0.1) is 0 Å². The quantitative estimate of drug-likeness (QED) is 0.866. The molecule has 0 aliphatic carbocycles. The van der Waals surface area contributed by atoms with E-state index in [1.807, 2.05) is 35.2 Å². The van der Waals surface area contributed by atoms with Crippen LogP contribution in [0.4, 0.5) is 4.39 Å². The Kier molecular flexibility index (Phi) is 5.03. The van der Waals surface area contributed by atoms with Crippen LogP contribution in [-0.4, -0.2) is 30.6 Å². The van der Waals surface area contributed by atoms with Crippen molar-refractivity contribution in [3.05, 3.63) is 71.5 Å². The fraction of sp³-hybridized carbons (Fsp3) is 0.316. The average molecular weight is 313 g/mol. The molecule has 0 bridgehead atoms. The van der Waals surface area contributed by atoms with Gasteiger partial charge in [-0.1, -0.05) is 48.5 Å². The second-order valence-corrected chi connectivity index (χ2v) is 5.68. The number of ether oxygens (including phenoxy) is 1. The van der Waals surface area contributed by atoms with Crippen molar-refractivity contribution in [1.29, 1.82) is 0 Å². The molecule has 1 amide bonds. The van der Waals surface area contributed by atoms with E-state index in [9.17, 15) is 9.18 Å². The van der Waals surface area contributed by atoms with Crippen molar-refractivity contribution in [2.24, 2.45) is 0 Å². The van der Waals surface area contributed by atoms with Crippen molar-refractivity contribution in [1.82, 2.24) is 4.90 Å². The molecule has 0 saturated carbocycles. The third kappa shape index (κ3) is 3.77. The van der Waals surface area contributed by atoms with Crippen LogP contribution in [0.15, 0.2) is 54.6 Å². The summed E-state index contributed by atoms with van der Waals surface area (Å²) in [5.41, 5.74) is 1.66. The minimum absolute atomic E-state index is 0.0467. The van der Waals surface area contributed by atoms with E-state index in [4.69, 9.17) is 4.74 Å². The van der Waals surface area contributed by atoms with Gasteiger partial charge >= 0.3 is 0 Å². The lowest BCUT2D eigenvalue weighted by atomic mass is 10.0. The molecule has 1 heterocycles. The summed E-state index contributed by atoms with van der Waals surface area (Å²) in [5, 5.41) is 0. The Balaban J connectivity index is 1.68. The highest BCUT2D eigenvalue weighted by atomic mass is 19.1. The first-order valence-corrected chi connectivity index (χ1v) is 7.91. The molecule has 0 spiro atoms. The molecule has 1 aliphatic rings. The van der Waals surface area contributed by atoms with Gasteiger partial charge in [0.1, 0.15) is 5.82 Å². The van der Waals surface area contributed by atoms with Crippen LogP contribution in [0.1, 0.15) is 23.6 Å². The minimum Gasteiger partial charge on any atom is -0.377 e. The molecule has 1 saturated heterocycles. The molecule has 0 radical (unpaired) electrons. The highest BCUT2D eigenvalue weighted by molar-refractivity contribution is 5.77. The molecule has 1 aliphatic heterocycles. The number of carbonyl (C=O) groups excluding carboxylic acids is 1. The summed E-state index contributed by atoms with van der Waals surface area (Å²) in [6.45, 7) is 1.64. The van der Waals surface area contributed by atoms with E-state index in [1.165, 1.54) is 6.07 Å². The fourth-order valence-electron chi connectivity index (χ4n) is 2.94.